The van der Waals surface area contributed by atoms with Crippen molar-refractivity contribution in [1.82, 2.24) is 0 Å². The van der Waals surface area contributed by atoms with Gasteiger partial charge < -0.3 is 10.6 Å². The predicted molar refractivity (Wildman–Crippen MR) is 84.0 cm³/mol. The molecule has 106 valence electrons. The molecule has 1 unspecified atom stereocenters. The minimum atomic E-state index is 0.168. The van der Waals surface area contributed by atoms with E-state index in [1.165, 1.54) is 37.1 Å². The zero-order valence-corrected chi connectivity index (χ0v) is 12.8. The molecule has 2 rings (SSSR count). The molecule has 1 aromatic rings. The summed E-state index contributed by atoms with van der Waals surface area (Å²) in [5.74, 6) is 0.894. The summed E-state index contributed by atoms with van der Waals surface area (Å²) < 4.78 is 0. The molecule has 2 N–H and O–H groups in total. The van der Waals surface area contributed by atoms with Crippen LogP contribution < -0.4 is 10.6 Å². The minimum absolute atomic E-state index is 0.168. The SMILES string of the molecule is CCCN(CC1CC1)c1ccc(Cl)cc1CC(C)N. The third-order valence-corrected chi connectivity index (χ3v) is 3.83. The zero-order chi connectivity index (χ0) is 13.8. The molecule has 0 radical (unpaired) electrons. The molecule has 1 aromatic carbocycles. The van der Waals surface area contributed by atoms with Crippen LogP contribution in [0.1, 0.15) is 38.7 Å². The lowest BCUT2D eigenvalue weighted by Gasteiger charge is -2.27. The molecular weight excluding hydrogens is 256 g/mol. The van der Waals surface area contributed by atoms with Crippen LogP contribution in [0.5, 0.6) is 0 Å². The predicted octanol–water partition coefficient (Wildman–Crippen LogP) is 3.86. The van der Waals surface area contributed by atoms with E-state index >= 15 is 0 Å². The molecule has 0 aliphatic heterocycles. The second-order valence-corrected chi connectivity index (χ2v) is 6.28. The molecule has 0 heterocycles. The van der Waals surface area contributed by atoms with Gasteiger partial charge in [-0.15, -0.1) is 0 Å². The van der Waals surface area contributed by atoms with Crippen molar-refractivity contribution in [1.29, 1.82) is 0 Å². The fraction of sp³-hybridized carbons (Fsp3) is 0.625. The van der Waals surface area contributed by atoms with Gasteiger partial charge in [-0.05, 0) is 62.3 Å². The lowest BCUT2D eigenvalue weighted by molar-refractivity contribution is 0.692. The van der Waals surface area contributed by atoms with Crippen LogP contribution in [0.2, 0.25) is 5.02 Å². The van der Waals surface area contributed by atoms with Crippen molar-refractivity contribution in [2.75, 3.05) is 18.0 Å². The Balaban J connectivity index is 2.22. The first-order valence-corrected chi connectivity index (χ1v) is 7.77. The van der Waals surface area contributed by atoms with Crippen molar-refractivity contribution in [3.05, 3.63) is 28.8 Å². The number of hydrogen-bond acceptors (Lipinski definition) is 2. The van der Waals surface area contributed by atoms with Gasteiger partial charge in [-0.1, -0.05) is 18.5 Å². The molecule has 2 nitrogen and oxygen atoms in total. The van der Waals surface area contributed by atoms with Crippen LogP contribution in [0.4, 0.5) is 5.69 Å². The first-order valence-electron chi connectivity index (χ1n) is 7.39. The van der Waals surface area contributed by atoms with Gasteiger partial charge in [0.05, 0.1) is 0 Å². The van der Waals surface area contributed by atoms with Crippen molar-refractivity contribution >= 4 is 17.3 Å². The second-order valence-electron chi connectivity index (χ2n) is 5.84. The summed E-state index contributed by atoms with van der Waals surface area (Å²) in [5.41, 5.74) is 8.59. The Hall–Kier alpha value is -0.730. The van der Waals surface area contributed by atoms with Crippen molar-refractivity contribution < 1.29 is 0 Å². The highest BCUT2D eigenvalue weighted by atomic mass is 35.5. The van der Waals surface area contributed by atoms with Gasteiger partial charge in [-0.25, -0.2) is 0 Å². The number of nitrogens with two attached hydrogens (primary N) is 1. The van der Waals surface area contributed by atoms with Gasteiger partial charge in [-0.2, -0.15) is 0 Å². The molecular formula is C16H25ClN2. The summed E-state index contributed by atoms with van der Waals surface area (Å²) in [6, 6.07) is 6.41. The second kappa shape index (κ2) is 6.62. The van der Waals surface area contributed by atoms with Crippen LogP contribution >= 0.6 is 11.6 Å². The molecule has 0 aromatic heterocycles. The molecule has 19 heavy (non-hydrogen) atoms. The summed E-state index contributed by atoms with van der Waals surface area (Å²) in [7, 11) is 0. The van der Waals surface area contributed by atoms with E-state index in [0.29, 0.717) is 0 Å². The number of nitrogens with zero attached hydrogens (tertiary/aromatic N) is 1. The summed E-state index contributed by atoms with van der Waals surface area (Å²) in [6.45, 7) is 6.59. The Morgan fingerprint density at radius 2 is 2.16 bits per heavy atom. The lowest BCUT2D eigenvalue weighted by Crippen LogP contribution is -2.28. The summed E-state index contributed by atoms with van der Waals surface area (Å²) >= 11 is 6.14. The first kappa shape index (κ1) is 14.7. The van der Waals surface area contributed by atoms with E-state index < -0.39 is 0 Å². The Bertz CT molecular complexity index is 413. The average molecular weight is 281 g/mol. The summed E-state index contributed by atoms with van der Waals surface area (Å²) in [4.78, 5) is 2.52. The van der Waals surface area contributed by atoms with Gasteiger partial charge in [0.2, 0.25) is 0 Å². The molecule has 0 bridgehead atoms. The highest BCUT2D eigenvalue weighted by Gasteiger charge is 2.25. The van der Waals surface area contributed by atoms with Crippen molar-refractivity contribution in [3.8, 4) is 0 Å². The van der Waals surface area contributed by atoms with E-state index in [1.54, 1.807) is 0 Å². The third-order valence-electron chi connectivity index (χ3n) is 3.59. The van der Waals surface area contributed by atoms with E-state index in [1.807, 2.05) is 6.07 Å². The number of hydrogen-bond donors (Lipinski definition) is 1. The van der Waals surface area contributed by atoms with Gasteiger partial charge in [0.15, 0.2) is 0 Å². The van der Waals surface area contributed by atoms with E-state index in [9.17, 15) is 0 Å². The lowest BCUT2D eigenvalue weighted by atomic mass is 10.0. The topological polar surface area (TPSA) is 29.3 Å². The maximum absolute atomic E-state index is 6.14. The maximum Gasteiger partial charge on any atom is 0.0410 e. The van der Waals surface area contributed by atoms with Crippen LogP contribution in [0, 0.1) is 5.92 Å². The van der Waals surface area contributed by atoms with Crippen molar-refractivity contribution in [2.45, 2.75) is 45.6 Å². The van der Waals surface area contributed by atoms with E-state index in [2.05, 4.69) is 30.9 Å². The first-order chi connectivity index (χ1) is 9.10. The molecule has 1 atom stereocenters. The molecule has 0 spiro atoms. The maximum atomic E-state index is 6.14. The minimum Gasteiger partial charge on any atom is -0.371 e. The Labute approximate surface area is 121 Å². The van der Waals surface area contributed by atoms with E-state index in [4.69, 9.17) is 17.3 Å². The van der Waals surface area contributed by atoms with Crippen molar-refractivity contribution in [3.63, 3.8) is 0 Å². The Morgan fingerprint density at radius 1 is 1.42 bits per heavy atom. The molecule has 0 saturated heterocycles. The number of benzene rings is 1. The van der Waals surface area contributed by atoms with Crippen molar-refractivity contribution in [2.24, 2.45) is 11.7 Å². The number of anilines is 1. The highest BCUT2D eigenvalue weighted by Crippen LogP contribution is 2.33. The van der Waals surface area contributed by atoms with Crippen LogP contribution in [0.25, 0.3) is 0 Å². The molecule has 3 heteroatoms. The quantitative estimate of drug-likeness (QED) is 0.822. The van der Waals surface area contributed by atoms with Gasteiger partial charge in [0, 0.05) is 29.8 Å². The molecule has 0 amide bonds. The van der Waals surface area contributed by atoms with Gasteiger partial charge in [0.25, 0.3) is 0 Å². The highest BCUT2D eigenvalue weighted by molar-refractivity contribution is 6.30. The van der Waals surface area contributed by atoms with Crippen LogP contribution in [-0.4, -0.2) is 19.1 Å². The van der Waals surface area contributed by atoms with Gasteiger partial charge in [0.1, 0.15) is 0 Å². The molecule has 1 aliphatic rings. The Morgan fingerprint density at radius 3 is 2.74 bits per heavy atom. The monoisotopic (exact) mass is 280 g/mol. The smallest absolute Gasteiger partial charge is 0.0410 e. The molecule has 1 saturated carbocycles. The standard InChI is InChI=1S/C16H25ClN2/c1-3-8-19(11-13-4-5-13)16-7-6-15(17)10-14(16)9-12(2)18/h6-7,10,12-13H,3-5,8-9,11,18H2,1-2H3. The summed E-state index contributed by atoms with van der Waals surface area (Å²) in [6.07, 6.45) is 4.83. The van der Waals surface area contributed by atoms with Crippen LogP contribution in [0.15, 0.2) is 18.2 Å². The zero-order valence-electron chi connectivity index (χ0n) is 12.0. The number of halogens is 1. The fourth-order valence-corrected chi connectivity index (χ4v) is 2.76. The van der Waals surface area contributed by atoms with Gasteiger partial charge >= 0.3 is 0 Å². The van der Waals surface area contributed by atoms with E-state index in [-0.39, 0.29) is 6.04 Å². The Kier molecular flexibility index (Phi) is 5.12. The van der Waals surface area contributed by atoms with Crippen LogP contribution in [0.3, 0.4) is 0 Å². The van der Waals surface area contributed by atoms with Gasteiger partial charge in [-0.3, -0.25) is 0 Å². The summed E-state index contributed by atoms with van der Waals surface area (Å²) in [5, 5.41) is 0.808. The van der Waals surface area contributed by atoms with Crippen LogP contribution in [-0.2, 0) is 6.42 Å². The largest absolute Gasteiger partial charge is 0.371 e. The number of rotatable bonds is 7. The third kappa shape index (κ3) is 4.39. The fourth-order valence-electron chi connectivity index (χ4n) is 2.57. The molecule has 1 aliphatic carbocycles. The van der Waals surface area contributed by atoms with E-state index in [0.717, 1.165) is 23.9 Å². The molecule has 1 fully saturated rings. The average Bonchev–Trinajstić information content (AvgIpc) is 3.12. The normalized spacial score (nSPS) is 16.4.